The van der Waals surface area contributed by atoms with Crippen molar-refractivity contribution in [2.24, 2.45) is 9.98 Å². The molecular weight excluding hydrogens is 873 g/mol. The van der Waals surface area contributed by atoms with Crippen LogP contribution < -0.4 is 10.6 Å². The van der Waals surface area contributed by atoms with Gasteiger partial charge in [-0.15, -0.1) is 0 Å². The third kappa shape index (κ3) is 9.01. The van der Waals surface area contributed by atoms with E-state index in [9.17, 15) is 0 Å². The number of hydrogen-bond acceptors (Lipinski definition) is 4. The summed E-state index contributed by atoms with van der Waals surface area (Å²) in [4.78, 5) is 10.6. The third-order valence-electron chi connectivity index (χ3n) is 13.6. The van der Waals surface area contributed by atoms with Crippen molar-refractivity contribution in [2.75, 3.05) is 0 Å². The molecule has 2 heterocycles. The van der Waals surface area contributed by atoms with Crippen LogP contribution in [0.3, 0.4) is 0 Å². The van der Waals surface area contributed by atoms with E-state index in [1.165, 1.54) is 22.3 Å². The minimum absolute atomic E-state index is 0.129. The van der Waals surface area contributed by atoms with Crippen molar-refractivity contribution in [1.82, 2.24) is 10.6 Å². The zero-order valence-electron chi connectivity index (χ0n) is 39.6. The number of nitrogens with one attached hydrogen (secondary N) is 2. The fourth-order valence-electron chi connectivity index (χ4n) is 10.1. The summed E-state index contributed by atoms with van der Waals surface area (Å²) in [5.41, 5.74) is 20.2. The molecule has 0 spiro atoms. The first-order valence-corrected chi connectivity index (χ1v) is 24.6. The van der Waals surface area contributed by atoms with Crippen LogP contribution in [0.15, 0.2) is 289 Å². The summed E-state index contributed by atoms with van der Waals surface area (Å²) in [7, 11) is 0. The molecule has 2 aliphatic heterocycles. The minimum Gasteiger partial charge on any atom is -0.373 e. The Labute approximate surface area is 421 Å². The van der Waals surface area contributed by atoms with Gasteiger partial charge in [0.25, 0.3) is 0 Å². The molecule has 0 aliphatic carbocycles. The first-order chi connectivity index (χ1) is 35.7. The zero-order valence-corrected chi connectivity index (χ0v) is 39.6. The van der Waals surface area contributed by atoms with Crippen molar-refractivity contribution in [1.29, 1.82) is 0 Å². The van der Waals surface area contributed by atoms with Crippen LogP contribution in [0.25, 0.3) is 55.8 Å². The third-order valence-corrected chi connectivity index (χ3v) is 13.6. The van der Waals surface area contributed by atoms with Gasteiger partial charge in [0, 0.05) is 16.7 Å². The molecule has 342 valence electrons. The molecule has 10 aromatic carbocycles. The first-order valence-electron chi connectivity index (χ1n) is 24.6. The molecule has 0 fully saturated rings. The fraction of sp³-hybridized carbons (Fsp3) is 0.0294. The van der Waals surface area contributed by atoms with E-state index < -0.39 is 0 Å². The van der Waals surface area contributed by atoms with Crippen molar-refractivity contribution in [3.05, 3.63) is 324 Å². The second-order valence-corrected chi connectivity index (χ2v) is 18.2. The number of aliphatic imine (C=N–C) groups is 2. The Bertz CT molecular complexity index is 3570. The lowest BCUT2D eigenvalue weighted by Crippen LogP contribution is -2.33. The number of rotatable bonds is 11. The maximum absolute atomic E-state index is 5.32. The van der Waals surface area contributed by atoms with E-state index in [-0.39, 0.29) is 12.2 Å². The Hall–Kier alpha value is -9.38. The summed E-state index contributed by atoms with van der Waals surface area (Å²) in [5.74, 6) is 1.45. The van der Waals surface area contributed by atoms with E-state index in [1.807, 2.05) is 6.07 Å². The van der Waals surface area contributed by atoms with Crippen LogP contribution in [-0.4, -0.2) is 11.7 Å². The molecule has 0 saturated heterocycles. The van der Waals surface area contributed by atoms with Crippen molar-refractivity contribution >= 4 is 34.1 Å². The van der Waals surface area contributed by atoms with Gasteiger partial charge in [-0.25, -0.2) is 9.98 Å². The highest BCUT2D eigenvalue weighted by Crippen LogP contribution is 2.50. The van der Waals surface area contributed by atoms with Gasteiger partial charge in [-0.1, -0.05) is 255 Å². The van der Waals surface area contributed by atoms with Crippen LogP contribution in [0.2, 0.25) is 0 Å². The van der Waals surface area contributed by atoms with Crippen LogP contribution in [0.4, 0.5) is 0 Å². The lowest BCUT2D eigenvalue weighted by molar-refractivity contribution is 0.674. The van der Waals surface area contributed by atoms with Gasteiger partial charge in [-0.2, -0.15) is 0 Å². The predicted octanol–water partition coefficient (Wildman–Crippen LogP) is 16.0. The predicted molar refractivity (Wildman–Crippen MR) is 300 cm³/mol. The number of allylic oxidation sites excluding steroid dienone is 2. The van der Waals surface area contributed by atoms with Gasteiger partial charge in [-0.05, 0) is 102 Å². The zero-order chi connectivity index (χ0) is 48.1. The highest BCUT2D eigenvalue weighted by molar-refractivity contribution is 6.24. The summed E-state index contributed by atoms with van der Waals surface area (Å²) in [6, 6.07) is 99.2. The molecule has 0 radical (unpaired) electrons. The summed E-state index contributed by atoms with van der Waals surface area (Å²) in [6.45, 7) is 0. The molecule has 0 saturated carbocycles. The molecule has 4 heteroatoms. The lowest BCUT2D eigenvalue weighted by atomic mass is 9.76. The van der Waals surface area contributed by atoms with Gasteiger partial charge in [-0.3, -0.25) is 0 Å². The van der Waals surface area contributed by atoms with Gasteiger partial charge in [0.05, 0.1) is 11.7 Å². The average Bonchev–Trinajstić information content (AvgIpc) is 3.48. The van der Waals surface area contributed by atoms with Crippen LogP contribution in [0, 0.1) is 0 Å². The van der Waals surface area contributed by atoms with Crippen LogP contribution in [0.5, 0.6) is 0 Å². The molecule has 2 N–H and O–H groups in total. The summed E-state index contributed by atoms with van der Waals surface area (Å²) >= 11 is 0. The SMILES string of the molecule is c1ccc(C2=C(c3ccccc3)C(c3cccc(-c4ccc(C5=NC(c6ccccc6)NC(c6cc(-c7ccccc7)cc(-c7ccccc7)c6)=N5)cc4)c3)=C(c3ccccc3)C(c3ccccc3)N2)cc1. The molecular formula is C68H50N4. The van der Waals surface area contributed by atoms with Crippen LogP contribution in [0.1, 0.15) is 56.7 Å². The number of dihydropyridines is 1. The van der Waals surface area contributed by atoms with E-state index in [4.69, 9.17) is 9.98 Å². The van der Waals surface area contributed by atoms with E-state index in [1.54, 1.807) is 0 Å². The number of hydrogen-bond donors (Lipinski definition) is 2. The second kappa shape index (κ2) is 19.9. The molecule has 2 atom stereocenters. The van der Waals surface area contributed by atoms with Crippen molar-refractivity contribution in [3.8, 4) is 33.4 Å². The number of benzene rings is 10. The number of nitrogens with zero attached hydrogens (tertiary/aromatic N) is 2. The normalized spacial score (nSPS) is 15.5. The van der Waals surface area contributed by atoms with Gasteiger partial charge in [0.1, 0.15) is 12.0 Å². The monoisotopic (exact) mass is 922 g/mol. The quantitative estimate of drug-likeness (QED) is 0.136. The summed E-state index contributed by atoms with van der Waals surface area (Å²) in [5, 5.41) is 7.83. The maximum Gasteiger partial charge on any atom is 0.159 e. The molecule has 0 aromatic heterocycles. The molecule has 0 bridgehead atoms. The smallest absolute Gasteiger partial charge is 0.159 e. The van der Waals surface area contributed by atoms with E-state index in [0.717, 1.165) is 83.9 Å². The van der Waals surface area contributed by atoms with Gasteiger partial charge >= 0.3 is 0 Å². The Morgan fingerprint density at radius 3 is 1.26 bits per heavy atom. The largest absolute Gasteiger partial charge is 0.373 e. The highest BCUT2D eigenvalue weighted by Gasteiger charge is 2.33. The molecule has 4 nitrogen and oxygen atoms in total. The van der Waals surface area contributed by atoms with Crippen LogP contribution in [-0.2, 0) is 0 Å². The molecule has 72 heavy (non-hydrogen) atoms. The topological polar surface area (TPSA) is 48.8 Å². The Balaban J connectivity index is 0.980. The standard InChI is InChI=1S/C68H50N4/c1-8-23-47(24-9-1)58-44-59(48-25-10-2-11-26-48)46-60(45-58)68-71-66(54-35-20-7-21-36-54)70-67(72-68)55-41-39-49(40-42-55)56-37-22-38-57(43-56)61-62(50-27-12-3-13-28-50)64(52-31-16-5-17-32-52)69-65(53-33-18-6-19-34-53)63(61)51-29-14-4-15-30-51/h1-46,64,66,69H,(H,70,71,72). The number of amidine groups is 2. The molecule has 0 amide bonds. The van der Waals surface area contributed by atoms with Crippen molar-refractivity contribution in [3.63, 3.8) is 0 Å². The van der Waals surface area contributed by atoms with Gasteiger partial charge < -0.3 is 10.6 Å². The molecule has 10 aromatic rings. The van der Waals surface area contributed by atoms with Gasteiger partial charge in [0.15, 0.2) is 5.84 Å². The summed E-state index contributed by atoms with van der Waals surface area (Å²) in [6.07, 6.45) is -0.338. The second-order valence-electron chi connectivity index (χ2n) is 18.2. The Morgan fingerprint density at radius 1 is 0.278 bits per heavy atom. The van der Waals surface area contributed by atoms with E-state index >= 15 is 0 Å². The minimum atomic E-state index is -0.338. The van der Waals surface area contributed by atoms with Crippen LogP contribution >= 0.6 is 0 Å². The Kier molecular flexibility index (Phi) is 12.1. The van der Waals surface area contributed by atoms with Gasteiger partial charge in [0.2, 0.25) is 0 Å². The Morgan fingerprint density at radius 2 is 0.694 bits per heavy atom. The average molecular weight is 923 g/mol. The molecule has 12 rings (SSSR count). The van der Waals surface area contributed by atoms with E-state index in [0.29, 0.717) is 5.84 Å². The highest BCUT2D eigenvalue weighted by atomic mass is 15.2. The summed E-state index contributed by atoms with van der Waals surface area (Å²) < 4.78 is 0. The molecule has 2 unspecified atom stereocenters. The van der Waals surface area contributed by atoms with E-state index in [2.05, 4.69) is 284 Å². The lowest BCUT2D eigenvalue weighted by Gasteiger charge is -2.36. The van der Waals surface area contributed by atoms with Crippen molar-refractivity contribution < 1.29 is 0 Å². The maximum atomic E-state index is 5.32. The van der Waals surface area contributed by atoms with Crippen molar-refractivity contribution in [2.45, 2.75) is 12.2 Å². The first kappa shape index (κ1) is 43.9. The fourth-order valence-corrected chi connectivity index (χ4v) is 10.1. The molecule has 2 aliphatic rings.